The number of aliphatic hydroxyl groups is 1. The number of hydrogen-bond acceptors (Lipinski definition) is 5. The molecule has 6 nitrogen and oxygen atoms in total. The van der Waals surface area contributed by atoms with E-state index in [1.807, 2.05) is 42.5 Å². The van der Waals surface area contributed by atoms with Gasteiger partial charge in [0, 0.05) is 17.8 Å². The molecule has 0 aliphatic heterocycles. The van der Waals surface area contributed by atoms with Gasteiger partial charge in [-0.15, -0.1) is 5.10 Å². The quantitative estimate of drug-likeness (QED) is 0.698. The number of anilines is 1. The summed E-state index contributed by atoms with van der Waals surface area (Å²) in [5.74, 6) is 0.655. The molecule has 2 N–H and O–H groups in total. The lowest BCUT2D eigenvalue weighted by molar-refractivity contribution is 0.161. The second kappa shape index (κ2) is 7.70. The van der Waals surface area contributed by atoms with Gasteiger partial charge in [0.15, 0.2) is 5.82 Å². The van der Waals surface area contributed by atoms with Crippen LogP contribution < -0.4 is 5.32 Å². The summed E-state index contributed by atoms with van der Waals surface area (Å²) in [4.78, 5) is 0. The number of aromatic nitrogens is 4. The fraction of sp³-hybridized carbons (Fsp3) is 0.278. The largest absolute Gasteiger partial charge is 0.389 e. The van der Waals surface area contributed by atoms with Gasteiger partial charge >= 0.3 is 0 Å². The van der Waals surface area contributed by atoms with Gasteiger partial charge in [-0.2, -0.15) is 0 Å². The molecular formula is C18H21N5O. The van der Waals surface area contributed by atoms with E-state index in [-0.39, 0.29) is 0 Å². The third kappa shape index (κ3) is 3.97. The number of benzene rings is 2. The summed E-state index contributed by atoms with van der Waals surface area (Å²) >= 11 is 0. The van der Waals surface area contributed by atoms with E-state index in [4.69, 9.17) is 0 Å². The Kier molecular flexibility index (Phi) is 5.18. The van der Waals surface area contributed by atoms with Gasteiger partial charge in [-0.3, -0.25) is 0 Å². The monoisotopic (exact) mass is 323 g/mol. The second-order valence-corrected chi connectivity index (χ2v) is 5.64. The van der Waals surface area contributed by atoms with E-state index >= 15 is 0 Å². The predicted molar refractivity (Wildman–Crippen MR) is 93.6 cm³/mol. The van der Waals surface area contributed by atoms with Gasteiger partial charge in [0.05, 0.1) is 12.6 Å². The van der Waals surface area contributed by atoms with E-state index in [0.717, 1.165) is 17.7 Å². The molecule has 1 aromatic heterocycles. The standard InChI is InChI=1S/C18H21N5O/c1-2-14-7-6-10-16(11-14)19-12-17(24)13-23-18(20-21-22-23)15-8-4-3-5-9-15/h3-11,17,19,24H,2,12-13H2,1H3. The first-order valence-corrected chi connectivity index (χ1v) is 8.08. The summed E-state index contributed by atoms with van der Waals surface area (Å²) in [5.41, 5.74) is 3.20. The van der Waals surface area contributed by atoms with E-state index in [1.165, 1.54) is 5.56 Å². The van der Waals surface area contributed by atoms with Crippen LogP contribution in [0.3, 0.4) is 0 Å². The maximum atomic E-state index is 10.3. The van der Waals surface area contributed by atoms with Crippen LogP contribution in [0, 0.1) is 0 Å². The van der Waals surface area contributed by atoms with Gasteiger partial charge in [-0.05, 0) is 34.5 Å². The van der Waals surface area contributed by atoms with Crippen molar-refractivity contribution in [3.63, 3.8) is 0 Å². The minimum absolute atomic E-state index is 0.331. The highest BCUT2D eigenvalue weighted by molar-refractivity contribution is 5.53. The van der Waals surface area contributed by atoms with Crippen LogP contribution in [0.1, 0.15) is 12.5 Å². The van der Waals surface area contributed by atoms with Crippen LogP contribution >= 0.6 is 0 Å². The molecule has 0 saturated heterocycles. The molecule has 6 heteroatoms. The van der Waals surface area contributed by atoms with Gasteiger partial charge in [0.1, 0.15) is 0 Å². The Morgan fingerprint density at radius 2 is 1.96 bits per heavy atom. The number of aliphatic hydroxyl groups excluding tert-OH is 1. The Morgan fingerprint density at radius 1 is 1.12 bits per heavy atom. The van der Waals surface area contributed by atoms with Crippen LogP contribution in [-0.2, 0) is 13.0 Å². The number of aryl methyl sites for hydroxylation is 1. The molecule has 3 aromatic rings. The van der Waals surface area contributed by atoms with Gasteiger partial charge in [-0.25, -0.2) is 4.68 Å². The molecule has 0 fully saturated rings. The Balaban J connectivity index is 1.61. The number of nitrogens with one attached hydrogen (secondary N) is 1. The summed E-state index contributed by atoms with van der Waals surface area (Å²) in [6, 6.07) is 17.9. The average Bonchev–Trinajstić information content (AvgIpc) is 3.09. The van der Waals surface area contributed by atoms with Gasteiger partial charge in [0.2, 0.25) is 0 Å². The fourth-order valence-corrected chi connectivity index (χ4v) is 2.52. The molecule has 0 aliphatic carbocycles. The third-order valence-electron chi connectivity index (χ3n) is 3.82. The maximum absolute atomic E-state index is 10.3. The van der Waals surface area contributed by atoms with Crippen molar-refractivity contribution in [3.8, 4) is 11.4 Å². The van der Waals surface area contributed by atoms with Gasteiger partial charge in [0.25, 0.3) is 0 Å². The molecule has 24 heavy (non-hydrogen) atoms. The highest BCUT2D eigenvalue weighted by Crippen LogP contribution is 2.15. The minimum atomic E-state index is -0.596. The Labute approximate surface area is 141 Å². The molecule has 3 rings (SSSR count). The van der Waals surface area contributed by atoms with Crippen molar-refractivity contribution in [3.05, 3.63) is 60.2 Å². The first-order chi connectivity index (χ1) is 11.8. The van der Waals surface area contributed by atoms with Crippen LogP contribution in [0.4, 0.5) is 5.69 Å². The zero-order valence-corrected chi connectivity index (χ0v) is 13.6. The van der Waals surface area contributed by atoms with E-state index in [2.05, 4.69) is 39.9 Å². The minimum Gasteiger partial charge on any atom is -0.389 e. The second-order valence-electron chi connectivity index (χ2n) is 5.64. The predicted octanol–water partition coefficient (Wildman–Crippen LogP) is 2.38. The van der Waals surface area contributed by atoms with E-state index in [9.17, 15) is 5.11 Å². The van der Waals surface area contributed by atoms with Gasteiger partial charge in [-0.1, -0.05) is 49.4 Å². The number of rotatable bonds is 7. The highest BCUT2D eigenvalue weighted by atomic mass is 16.3. The van der Waals surface area contributed by atoms with Crippen LogP contribution in [0.5, 0.6) is 0 Å². The summed E-state index contributed by atoms with van der Waals surface area (Å²) < 4.78 is 1.63. The molecule has 1 atom stereocenters. The topological polar surface area (TPSA) is 75.9 Å². The van der Waals surface area contributed by atoms with Crippen molar-refractivity contribution in [2.45, 2.75) is 26.0 Å². The maximum Gasteiger partial charge on any atom is 0.182 e. The molecule has 1 unspecified atom stereocenters. The molecule has 0 amide bonds. The summed E-state index contributed by atoms with van der Waals surface area (Å²) in [6.07, 6.45) is 0.393. The van der Waals surface area contributed by atoms with Gasteiger partial charge < -0.3 is 10.4 Å². The molecule has 0 spiro atoms. The third-order valence-corrected chi connectivity index (χ3v) is 3.82. The van der Waals surface area contributed by atoms with Crippen LogP contribution in [-0.4, -0.2) is 38.0 Å². The zero-order chi connectivity index (χ0) is 16.8. The number of hydrogen-bond donors (Lipinski definition) is 2. The zero-order valence-electron chi connectivity index (χ0n) is 13.6. The number of tetrazole rings is 1. The molecule has 1 heterocycles. The highest BCUT2D eigenvalue weighted by Gasteiger charge is 2.12. The van der Waals surface area contributed by atoms with Crippen LogP contribution in [0.2, 0.25) is 0 Å². The van der Waals surface area contributed by atoms with Crippen molar-refractivity contribution < 1.29 is 5.11 Å². The smallest absolute Gasteiger partial charge is 0.182 e. The lowest BCUT2D eigenvalue weighted by Gasteiger charge is -2.14. The molecule has 0 radical (unpaired) electrons. The lowest BCUT2D eigenvalue weighted by Crippen LogP contribution is -2.26. The molecule has 0 saturated carbocycles. The molecule has 2 aromatic carbocycles. The lowest BCUT2D eigenvalue weighted by atomic mass is 10.1. The number of nitrogens with zero attached hydrogens (tertiary/aromatic N) is 4. The van der Waals surface area contributed by atoms with E-state index in [0.29, 0.717) is 18.9 Å². The SMILES string of the molecule is CCc1cccc(NCC(O)Cn2nnnc2-c2ccccc2)c1. The summed E-state index contributed by atoms with van der Waals surface area (Å²) in [6.45, 7) is 2.88. The van der Waals surface area contributed by atoms with Crippen molar-refractivity contribution in [2.75, 3.05) is 11.9 Å². The van der Waals surface area contributed by atoms with Crippen molar-refractivity contribution in [1.82, 2.24) is 20.2 Å². The molecule has 0 bridgehead atoms. The van der Waals surface area contributed by atoms with Crippen LogP contribution in [0.15, 0.2) is 54.6 Å². The average molecular weight is 323 g/mol. The molecular weight excluding hydrogens is 302 g/mol. The van der Waals surface area contributed by atoms with E-state index in [1.54, 1.807) is 4.68 Å². The van der Waals surface area contributed by atoms with E-state index < -0.39 is 6.10 Å². The Hall–Kier alpha value is -2.73. The first kappa shape index (κ1) is 16.1. The Morgan fingerprint density at radius 3 is 2.75 bits per heavy atom. The van der Waals surface area contributed by atoms with Crippen molar-refractivity contribution in [2.24, 2.45) is 0 Å². The molecule has 124 valence electrons. The van der Waals surface area contributed by atoms with Crippen molar-refractivity contribution in [1.29, 1.82) is 0 Å². The normalized spacial score (nSPS) is 12.1. The summed E-state index contributed by atoms with van der Waals surface area (Å²) in [5, 5.41) is 25.3. The van der Waals surface area contributed by atoms with Crippen molar-refractivity contribution >= 4 is 5.69 Å². The Bertz CT molecular complexity index is 772. The summed E-state index contributed by atoms with van der Waals surface area (Å²) in [7, 11) is 0. The fourth-order valence-electron chi connectivity index (χ4n) is 2.52. The molecule has 0 aliphatic rings. The first-order valence-electron chi connectivity index (χ1n) is 8.08. The van der Waals surface area contributed by atoms with Crippen LogP contribution in [0.25, 0.3) is 11.4 Å².